The van der Waals surface area contributed by atoms with Gasteiger partial charge >= 0.3 is 12.4 Å². The molecule has 0 aliphatic heterocycles. The van der Waals surface area contributed by atoms with E-state index in [1.165, 1.54) is 30.0 Å². The van der Waals surface area contributed by atoms with Crippen LogP contribution in [0.25, 0.3) is 10.9 Å². The molecule has 0 spiro atoms. The summed E-state index contributed by atoms with van der Waals surface area (Å²) in [6.45, 7) is 3.43. The molecule has 1 N–H and O–H groups in total. The number of benzene rings is 2. The molecule has 32 heavy (non-hydrogen) atoms. The average Bonchev–Trinajstić information content (AvgIpc) is 2.71. The van der Waals surface area contributed by atoms with E-state index in [1.807, 2.05) is 6.92 Å². The summed E-state index contributed by atoms with van der Waals surface area (Å²) >= 11 is 1.22. The number of hydrogen-bond acceptors (Lipinski definition) is 3. The molecule has 1 heterocycles. The molecule has 0 unspecified atom stereocenters. The minimum atomic E-state index is -4.51. The van der Waals surface area contributed by atoms with Crippen LogP contribution >= 0.6 is 11.8 Å². The Balaban J connectivity index is 1.91. The molecular formula is C22H18F6N2OS. The predicted octanol–water partition coefficient (Wildman–Crippen LogP) is 6.62. The van der Waals surface area contributed by atoms with Crippen LogP contribution in [0, 0.1) is 6.92 Å². The Kier molecular flexibility index (Phi) is 6.73. The van der Waals surface area contributed by atoms with Crippen molar-refractivity contribution in [2.75, 3.05) is 5.75 Å². The van der Waals surface area contributed by atoms with Gasteiger partial charge in [-0.3, -0.25) is 4.79 Å². The highest BCUT2D eigenvalue weighted by Gasteiger charge is 2.31. The Morgan fingerprint density at radius 2 is 1.56 bits per heavy atom. The van der Waals surface area contributed by atoms with Crippen molar-refractivity contribution in [1.29, 1.82) is 0 Å². The lowest BCUT2D eigenvalue weighted by molar-refractivity contribution is -0.138. The number of hydrogen-bond donors (Lipinski definition) is 1. The largest absolute Gasteiger partial charge is 0.416 e. The lowest BCUT2D eigenvalue weighted by Crippen LogP contribution is -2.25. The number of amides is 1. The van der Waals surface area contributed by atoms with Gasteiger partial charge in [0.05, 0.1) is 22.2 Å². The van der Waals surface area contributed by atoms with Crippen molar-refractivity contribution in [2.24, 2.45) is 0 Å². The van der Waals surface area contributed by atoms with Gasteiger partial charge in [0, 0.05) is 11.9 Å². The van der Waals surface area contributed by atoms with Crippen molar-refractivity contribution < 1.29 is 31.1 Å². The van der Waals surface area contributed by atoms with E-state index in [9.17, 15) is 31.1 Å². The summed E-state index contributed by atoms with van der Waals surface area (Å²) in [4.78, 5) is 17.2. The van der Waals surface area contributed by atoms with E-state index < -0.39 is 29.4 Å². The Labute approximate surface area is 184 Å². The summed E-state index contributed by atoms with van der Waals surface area (Å²) in [5.74, 6) is 0.0310. The molecule has 0 aliphatic carbocycles. The zero-order valence-electron chi connectivity index (χ0n) is 17.0. The van der Waals surface area contributed by atoms with E-state index >= 15 is 0 Å². The fourth-order valence-electron chi connectivity index (χ4n) is 3.17. The summed E-state index contributed by atoms with van der Waals surface area (Å²) in [7, 11) is 0. The van der Waals surface area contributed by atoms with Crippen molar-refractivity contribution in [3.63, 3.8) is 0 Å². The van der Waals surface area contributed by atoms with Crippen LogP contribution in [0.2, 0.25) is 0 Å². The number of nitrogens with one attached hydrogen (secondary N) is 1. The molecule has 0 radical (unpaired) electrons. The molecule has 3 nitrogen and oxygen atoms in total. The number of nitrogens with zero attached hydrogens (tertiary/aromatic N) is 1. The SMILES string of the molecule is CCSc1nc2cc(C(F)(F)F)ccc2c(C)c1C(=O)NCc1ccc(C(F)(F)F)cc1. The third-order valence-electron chi connectivity index (χ3n) is 4.78. The second-order valence-electron chi connectivity index (χ2n) is 6.96. The van der Waals surface area contributed by atoms with E-state index in [2.05, 4.69) is 10.3 Å². The first kappa shape index (κ1) is 23.9. The van der Waals surface area contributed by atoms with Crippen LogP contribution in [0.15, 0.2) is 47.5 Å². The summed E-state index contributed by atoms with van der Waals surface area (Å²) in [6, 6.07) is 7.58. The molecule has 0 fully saturated rings. The number of pyridine rings is 1. The molecule has 10 heteroatoms. The standard InChI is InChI=1S/C22H18F6N2OS/c1-3-32-20-18(12(2)16-9-8-15(22(26,27)28)10-17(16)30-20)19(31)29-11-13-4-6-14(7-5-13)21(23,24)25/h4-10H,3,11H2,1-2H3,(H,29,31). The first-order valence-corrected chi connectivity index (χ1v) is 10.5. The van der Waals surface area contributed by atoms with Gasteiger partial charge in [-0.1, -0.05) is 25.1 Å². The third kappa shape index (κ3) is 5.17. The number of alkyl halides is 6. The number of carbonyl (C=O) groups excluding carboxylic acids is 1. The molecule has 1 amide bonds. The van der Waals surface area contributed by atoms with E-state index in [-0.39, 0.29) is 17.6 Å². The van der Waals surface area contributed by atoms with E-state index in [1.54, 1.807) is 6.92 Å². The van der Waals surface area contributed by atoms with Gasteiger partial charge in [-0.2, -0.15) is 26.3 Å². The van der Waals surface area contributed by atoms with Crippen LogP contribution in [0.3, 0.4) is 0 Å². The molecule has 1 aromatic heterocycles. The fraction of sp³-hybridized carbons (Fsp3) is 0.273. The van der Waals surface area contributed by atoms with Gasteiger partial charge < -0.3 is 5.32 Å². The molecule has 2 aromatic carbocycles. The van der Waals surface area contributed by atoms with Crippen LogP contribution in [-0.2, 0) is 18.9 Å². The zero-order valence-corrected chi connectivity index (χ0v) is 17.8. The van der Waals surface area contributed by atoms with Crippen LogP contribution in [0.1, 0.15) is 39.5 Å². The lowest BCUT2D eigenvalue weighted by Gasteiger charge is -2.15. The molecule has 0 saturated heterocycles. The van der Waals surface area contributed by atoms with E-state index in [0.717, 1.165) is 24.3 Å². The Morgan fingerprint density at radius 3 is 2.12 bits per heavy atom. The van der Waals surface area contributed by atoms with Crippen molar-refractivity contribution in [2.45, 2.75) is 37.8 Å². The molecule has 0 aliphatic rings. The van der Waals surface area contributed by atoms with Gasteiger partial charge in [-0.05, 0) is 48.1 Å². The smallest absolute Gasteiger partial charge is 0.348 e. The second-order valence-corrected chi connectivity index (χ2v) is 8.21. The Morgan fingerprint density at radius 1 is 0.969 bits per heavy atom. The Hall–Kier alpha value is -2.75. The number of thioether (sulfide) groups is 1. The maximum absolute atomic E-state index is 13.1. The molecule has 170 valence electrons. The van der Waals surface area contributed by atoms with Crippen LogP contribution in [0.4, 0.5) is 26.3 Å². The molecule has 0 atom stereocenters. The fourth-order valence-corrected chi connectivity index (χ4v) is 4.00. The predicted molar refractivity (Wildman–Crippen MR) is 110 cm³/mol. The maximum atomic E-state index is 13.1. The number of carbonyl (C=O) groups is 1. The quantitative estimate of drug-likeness (QED) is 0.335. The van der Waals surface area contributed by atoms with Crippen LogP contribution < -0.4 is 5.32 Å². The zero-order chi connectivity index (χ0) is 23.7. The van der Waals surface area contributed by atoms with Gasteiger partial charge in [-0.15, -0.1) is 11.8 Å². The van der Waals surface area contributed by atoms with E-state index in [4.69, 9.17) is 0 Å². The molecule has 0 saturated carbocycles. The van der Waals surface area contributed by atoms with Gasteiger partial charge in [0.2, 0.25) is 0 Å². The summed E-state index contributed by atoms with van der Waals surface area (Å²) < 4.78 is 77.3. The number of halogens is 6. The highest BCUT2D eigenvalue weighted by molar-refractivity contribution is 7.99. The minimum Gasteiger partial charge on any atom is -0.348 e. The molecule has 3 aromatic rings. The molecule has 0 bridgehead atoms. The van der Waals surface area contributed by atoms with Gasteiger partial charge in [0.1, 0.15) is 5.03 Å². The van der Waals surface area contributed by atoms with Crippen LogP contribution in [0.5, 0.6) is 0 Å². The first-order chi connectivity index (χ1) is 14.9. The maximum Gasteiger partial charge on any atom is 0.416 e. The molecule has 3 rings (SSSR count). The van der Waals surface area contributed by atoms with Crippen molar-refractivity contribution in [3.05, 3.63) is 70.3 Å². The number of aromatic nitrogens is 1. The van der Waals surface area contributed by atoms with Gasteiger partial charge in [-0.25, -0.2) is 4.98 Å². The monoisotopic (exact) mass is 472 g/mol. The first-order valence-electron chi connectivity index (χ1n) is 9.50. The van der Waals surface area contributed by atoms with Crippen LogP contribution in [-0.4, -0.2) is 16.6 Å². The van der Waals surface area contributed by atoms with Crippen molar-refractivity contribution in [1.82, 2.24) is 10.3 Å². The van der Waals surface area contributed by atoms with E-state index in [0.29, 0.717) is 27.3 Å². The normalized spacial score (nSPS) is 12.2. The van der Waals surface area contributed by atoms with Gasteiger partial charge in [0.15, 0.2) is 0 Å². The van der Waals surface area contributed by atoms with Crippen molar-refractivity contribution >= 4 is 28.6 Å². The number of fused-ring (bicyclic) bond motifs is 1. The minimum absolute atomic E-state index is 0.0162. The highest BCUT2D eigenvalue weighted by atomic mass is 32.2. The third-order valence-corrected chi connectivity index (χ3v) is 5.64. The average molecular weight is 472 g/mol. The van der Waals surface area contributed by atoms with Gasteiger partial charge in [0.25, 0.3) is 5.91 Å². The number of aryl methyl sites for hydroxylation is 1. The molecular weight excluding hydrogens is 454 g/mol. The number of rotatable bonds is 5. The van der Waals surface area contributed by atoms with Crippen molar-refractivity contribution in [3.8, 4) is 0 Å². The second kappa shape index (κ2) is 9.01. The summed E-state index contributed by atoms with van der Waals surface area (Å²) in [6.07, 6.45) is -8.96. The lowest BCUT2D eigenvalue weighted by atomic mass is 10.0. The Bertz CT molecular complexity index is 1140. The topological polar surface area (TPSA) is 42.0 Å². The highest BCUT2D eigenvalue weighted by Crippen LogP contribution is 2.34. The summed E-state index contributed by atoms with van der Waals surface area (Å²) in [5.41, 5.74) is -0.309. The summed E-state index contributed by atoms with van der Waals surface area (Å²) in [5, 5.41) is 3.37.